The van der Waals surface area contributed by atoms with Crippen molar-refractivity contribution in [2.45, 2.75) is 23.8 Å². The van der Waals surface area contributed by atoms with Crippen LogP contribution < -0.4 is 4.74 Å². The Morgan fingerprint density at radius 2 is 2.20 bits per heavy atom. The monoisotopic (exact) mass is 225 g/mol. The molecule has 5 heteroatoms. The highest BCUT2D eigenvalue weighted by Gasteiger charge is 2.24. The summed E-state index contributed by atoms with van der Waals surface area (Å²) in [4.78, 5) is 11.1. The fourth-order valence-corrected chi connectivity index (χ4v) is 1.70. The molecule has 0 heterocycles. The second kappa shape index (κ2) is 4.10. The van der Waals surface area contributed by atoms with E-state index in [2.05, 4.69) is 0 Å². The Morgan fingerprint density at radius 3 is 2.73 bits per heavy atom. The van der Waals surface area contributed by atoms with Crippen LogP contribution in [0.25, 0.3) is 0 Å². The van der Waals surface area contributed by atoms with Crippen LogP contribution in [-0.4, -0.2) is 17.3 Å². The standard InChI is InChI=1S/C10H11NO3S/c1-15-10-5-7(11(12)13)4-9(6-10)14-8-2-3-8/h4-6,8H,2-3H2,1H3. The number of rotatable bonds is 4. The van der Waals surface area contributed by atoms with Crippen molar-refractivity contribution in [2.24, 2.45) is 0 Å². The predicted molar refractivity (Wildman–Crippen MR) is 58.5 cm³/mol. The number of nitro groups is 1. The summed E-state index contributed by atoms with van der Waals surface area (Å²) in [6, 6.07) is 4.89. The summed E-state index contributed by atoms with van der Waals surface area (Å²) in [5.74, 6) is 0.607. The van der Waals surface area contributed by atoms with Crippen molar-refractivity contribution < 1.29 is 9.66 Å². The van der Waals surface area contributed by atoms with Crippen LogP contribution in [0.1, 0.15) is 12.8 Å². The molecule has 0 spiro atoms. The summed E-state index contributed by atoms with van der Waals surface area (Å²) < 4.78 is 5.54. The molecule has 1 aromatic carbocycles. The van der Waals surface area contributed by atoms with Crippen molar-refractivity contribution >= 4 is 17.4 Å². The van der Waals surface area contributed by atoms with Crippen LogP contribution in [0, 0.1) is 10.1 Å². The van der Waals surface area contributed by atoms with Crippen molar-refractivity contribution in [2.75, 3.05) is 6.26 Å². The van der Waals surface area contributed by atoms with Crippen molar-refractivity contribution in [3.8, 4) is 5.75 Å². The van der Waals surface area contributed by atoms with Crippen molar-refractivity contribution in [1.82, 2.24) is 0 Å². The van der Waals surface area contributed by atoms with Gasteiger partial charge in [0.2, 0.25) is 0 Å². The summed E-state index contributed by atoms with van der Waals surface area (Å²) >= 11 is 1.48. The third-order valence-electron chi connectivity index (χ3n) is 2.14. The number of ether oxygens (including phenoxy) is 1. The fraction of sp³-hybridized carbons (Fsp3) is 0.400. The van der Waals surface area contributed by atoms with Gasteiger partial charge in [0.25, 0.3) is 5.69 Å². The smallest absolute Gasteiger partial charge is 0.274 e. The Morgan fingerprint density at radius 1 is 1.47 bits per heavy atom. The lowest BCUT2D eigenvalue weighted by Crippen LogP contribution is -1.97. The average molecular weight is 225 g/mol. The van der Waals surface area contributed by atoms with E-state index in [4.69, 9.17) is 4.74 Å². The lowest BCUT2D eigenvalue weighted by molar-refractivity contribution is -0.385. The Balaban J connectivity index is 2.27. The second-order valence-corrected chi connectivity index (χ2v) is 4.32. The molecule has 4 nitrogen and oxygen atoms in total. The van der Waals surface area contributed by atoms with Crippen LogP contribution in [-0.2, 0) is 0 Å². The van der Waals surface area contributed by atoms with Gasteiger partial charge in [-0.15, -0.1) is 11.8 Å². The molecule has 80 valence electrons. The molecule has 1 aliphatic rings. The normalized spacial score (nSPS) is 15.0. The van der Waals surface area contributed by atoms with Gasteiger partial charge in [-0.25, -0.2) is 0 Å². The number of nitrogens with zero attached hydrogens (tertiary/aromatic N) is 1. The highest BCUT2D eigenvalue weighted by molar-refractivity contribution is 7.98. The molecule has 15 heavy (non-hydrogen) atoms. The lowest BCUT2D eigenvalue weighted by atomic mass is 10.3. The molecule has 1 aromatic rings. The van der Waals surface area contributed by atoms with Gasteiger partial charge in [-0.05, 0) is 25.2 Å². The topological polar surface area (TPSA) is 52.4 Å². The lowest BCUT2D eigenvalue weighted by Gasteiger charge is -2.05. The summed E-state index contributed by atoms with van der Waals surface area (Å²) in [5.41, 5.74) is 0.0949. The SMILES string of the molecule is CSc1cc(OC2CC2)cc([N+](=O)[O-])c1. The van der Waals surface area contributed by atoms with Crippen molar-refractivity contribution in [1.29, 1.82) is 0 Å². The van der Waals surface area contributed by atoms with Crippen LogP contribution in [0.3, 0.4) is 0 Å². The fourth-order valence-electron chi connectivity index (χ4n) is 1.23. The van der Waals surface area contributed by atoms with E-state index < -0.39 is 0 Å². The van der Waals surface area contributed by atoms with E-state index in [1.54, 1.807) is 6.07 Å². The maximum Gasteiger partial charge on any atom is 0.274 e. The summed E-state index contributed by atoms with van der Waals surface area (Å²) in [6.07, 6.45) is 4.26. The molecule has 0 unspecified atom stereocenters. The molecule has 0 N–H and O–H groups in total. The quantitative estimate of drug-likeness (QED) is 0.449. The van der Waals surface area contributed by atoms with Gasteiger partial charge in [-0.3, -0.25) is 10.1 Å². The number of benzene rings is 1. The van der Waals surface area contributed by atoms with Gasteiger partial charge in [0.15, 0.2) is 0 Å². The number of non-ortho nitro benzene ring substituents is 1. The van der Waals surface area contributed by atoms with Crippen LogP contribution >= 0.6 is 11.8 Å². The molecule has 0 aliphatic heterocycles. The predicted octanol–water partition coefficient (Wildman–Crippen LogP) is 2.86. The number of nitro benzene ring substituents is 1. The van der Waals surface area contributed by atoms with E-state index >= 15 is 0 Å². The van der Waals surface area contributed by atoms with Gasteiger partial charge in [-0.1, -0.05) is 0 Å². The second-order valence-electron chi connectivity index (χ2n) is 3.44. The molecule has 0 saturated heterocycles. The summed E-state index contributed by atoms with van der Waals surface area (Å²) in [6.45, 7) is 0. The van der Waals surface area contributed by atoms with Crippen LogP contribution in [0.4, 0.5) is 5.69 Å². The molecule has 0 amide bonds. The molecule has 2 rings (SSSR count). The van der Waals surface area contributed by atoms with Crippen LogP contribution in [0.5, 0.6) is 5.75 Å². The molecular formula is C10H11NO3S. The Hall–Kier alpha value is -1.23. The van der Waals surface area contributed by atoms with Gasteiger partial charge in [0.1, 0.15) is 5.75 Å². The maximum absolute atomic E-state index is 10.7. The minimum atomic E-state index is -0.389. The molecule has 1 fully saturated rings. The number of thioether (sulfide) groups is 1. The zero-order valence-corrected chi connectivity index (χ0v) is 9.12. The zero-order valence-electron chi connectivity index (χ0n) is 8.30. The first-order valence-corrected chi connectivity index (χ1v) is 5.91. The Labute approximate surface area is 91.8 Å². The van der Waals surface area contributed by atoms with E-state index in [-0.39, 0.29) is 16.7 Å². The molecule has 0 atom stereocenters. The Kier molecular flexibility index (Phi) is 2.81. The average Bonchev–Trinajstić information content (AvgIpc) is 3.01. The first kappa shape index (κ1) is 10.3. The van der Waals surface area contributed by atoms with Crippen molar-refractivity contribution in [3.63, 3.8) is 0 Å². The molecular weight excluding hydrogens is 214 g/mol. The first-order chi connectivity index (χ1) is 7.19. The van der Waals surface area contributed by atoms with Crippen LogP contribution in [0.2, 0.25) is 0 Å². The highest BCUT2D eigenvalue weighted by atomic mass is 32.2. The van der Waals surface area contributed by atoms with Gasteiger partial charge >= 0.3 is 0 Å². The van der Waals surface area contributed by atoms with E-state index in [9.17, 15) is 10.1 Å². The highest BCUT2D eigenvalue weighted by Crippen LogP contribution is 2.32. The largest absolute Gasteiger partial charge is 0.490 e. The van der Waals surface area contributed by atoms with E-state index in [1.165, 1.54) is 17.8 Å². The summed E-state index contributed by atoms with van der Waals surface area (Å²) in [5, 5.41) is 10.7. The minimum Gasteiger partial charge on any atom is -0.490 e. The first-order valence-electron chi connectivity index (χ1n) is 4.69. The number of hydrogen-bond donors (Lipinski definition) is 0. The molecule has 0 radical (unpaired) electrons. The van der Waals surface area contributed by atoms with Gasteiger partial charge < -0.3 is 4.74 Å². The summed E-state index contributed by atoms with van der Waals surface area (Å²) in [7, 11) is 0. The third kappa shape index (κ3) is 2.62. The zero-order chi connectivity index (χ0) is 10.8. The molecule has 0 aromatic heterocycles. The van der Waals surface area contributed by atoms with E-state index in [0.29, 0.717) is 5.75 Å². The third-order valence-corrected chi connectivity index (χ3v) is 2.85. The Bertz CT molecular complexity index is 390. The molecule has 0 bridgehead atoms. The molecule has 1 aliphatic carbocycles. The van der Waals surface area contributed by atoms with Gasteiger partial charge in [0.05, 0.1) is 17.1 Å². The van der Waals surface area contributed by atoms with Gasteiger partial charge in [0, 0.05) is 11.0 Å². The maximum atomic E-state index is 10.7. The molecule has 1 saturated carbocycles. The minimum absolute atomic E-state index is 0.0949. The van der Waals surface area contributed by atoms with Crippen molar-refractivity contribution in [3.05, 3.63) is 28.3 Å². The van der Waals surface area contributed by atoms with Crippen LogP contribution in [0.15, 0.2) is 23.1 Å². The van der Waals surface area contributed by atoms with Gasteiger partial charge in [-0.2, -0.15) is 0 Å². The number of hydrogen-bond acceptors (Lipinski definition) is 4. The van der Waals surface area contributed by atoms with E-state index in [0.717, 1.165) is 17.7 Å². The van der Waals surface area contributed by atoms with E-state index in [1.807, 2.05) is 12.3 Å².